The molecule has 0 radical (unpaired) electrons. The molecule has 6 nitrogen and oxygen atoms in total. The van der Waals surface area contributed by atoms with E-state index >= 15 is 0 Å². The maximum Gasteiger partial charge on any atom is 0.269 e. The first-order valence-electron chi connectivity index (χ1n) is 8.68. The van der Waals surface area contributed by atoms with Gasteiger partial charge in [-0.05, 0) is 63.2 Å². The molecule has 0 aliphatic heterocycles. The Labute approximate surface area is 135 Å². The molecule has 6 heteroatoms. The van der Waals surface area contributed by atoms with Crippen LogP contribution in [0, 0.1) is 23.2 Å². The molecule has 0 spiro atoms. The van der Waals surface area contributed by atoms with E-state index in [1.807, 2.05) is 6.92 Å². The van der Waals surface area contributed by atoms with Crippen molar-refractivity contribution in [3.63, 3.8) is 0 Å². The zero-order valence-corrected chi connectivity index (χ0v) is 13.5. The number of rotatable bonds is 4. The van der Waals surface area contributed by atoms with Gasteiger partial charge in [0.2, 0.25) is 5.91 Å². The highest BCUT2D eigenvalue weighted by molar-refractivity contribution is 6.03. The van der Waals surface area contributed by atoms with Gasteiger partial charge < -0.3 is 11.1 Å². The van der Waals surface area contributed by atoms with E-state index < -0.39 is 5.91 Å². The minimum Gasteiger partial charge on any atom is -0.364 e. The van der Waals surface area contributed by atoms with Crippen LogP contribution in [0.15, 0.2) is 6.20 Å². The molecule has 4 bridgehead atoms. The summed E-state index contributed by atoms with van der Waals surface area (Å²) in [4.78, 5) is 24.7. The number of hydrogen-bond donors (Lipinski definition) is 2. The van der Waals surface area contributed by atoms with E-state index in [9.17, 15) is 9.59 Å². The first-order valence-corrected chi connectivity index (χ1v) is 8.68. The molecule has 5 rings (SSSR count). The number of primary amides is 1. The molecule has 0 atom stereocenters. The van der Waals surface area contributed by atoms with E-state index in [1.165, 1.54) is 23.9 Å². The van der Waals surface area contributed by atoms with Gasteiger partial charge >= 0.3 is 0 Å². The molecule has 4 saturated carbocycles. The number of aromatic nitrogens is 2. The first-order chi connectivity index (χ1) is 11.0. The van der Waals surface area contributed by atoms with Gasteiger partial charge in [0.1, 0.15) is 5.69 Å². The van der Waals surface area contributed by atoms with Gasteiger partial charge in [-0.15, -0.1) is 0 Å². The third-order valence-corrected chi connectivity index (χ3v) is 6.14. The Morgan fingerprint density at radius 1 is 1.26 bits per heavy atom. The lowest BCUT2D eigenvalue weighted by atomic mass is 9.49. The summed E-state index contributed by atoms with van der Waals surface area (Å²) in [6.07, 6.45) is 8.43. The third kappa shape index (κ3) is 2.26. The smallest absolute Gasteiger partial charge is 0.269 e. The quantitative estimate of drug-likeness (QED) is 0.892. The average Bonchev–Trinajstić information content (AvgIpc) is 2.88. The minimum absolute atomic E-state index is 0.0646. The van der Waals surface area contributed by atoms with Gasteiger partial charge in [-0.1, -0.05) is 0 Å². The van der Waals surface area contributed by atoms with Crippen molar-refractivity contribution in [3.8, 4) is 0 Å². The van der Waals surface area contributed by atoms with Crippen molar-refractivity contribution < 1.29 is 9.59 Å². The topological polar surface area (TPSA) is 90.0 Å². The van der Waals surface area contributed by atoms with Gasteiger partial charge in [0.25, 0.3) is 5.91 Å². The molecule has 1 aromatic rings. The minimum atomic E-state index is -0.551. The Hall–Kier alpha value is -1.85. The number of nitrogens with one attached hydrogen (secondary N) is 1. The fourth-order valence-corrected chi connectivity index (χ4v) is 5.62. The maximum atomic E-state index is 13.0. The van der Waals surface area contributed by atoms with E-state index in [2.05, 4.69) is 10.4 Å². The summed E-state index contributed by atoms with van der Waals surface area (Å²) in [5.41, 5.74) is 5.98. The SMILES string of the molecule is CCn1ncc(NC(=O)C23CC4CC(CC(C4)C2)C3)c1C(N)=O. The fraction of sp³-hybridized carbons (Fsp3) is 0.706. The molecule has 3 N–H and O–H groups in total. The number of anilines is 1. The van der Waals surface area contributed by atoms with Crippen molar-refractivity contribution >= 4 is 17.5 Å². The van der Waals surface area contributed by atoms with E-state index in [0.717, 1.165) is 19.3 Å². The number of carbonyl (C=O) groups is 2. The number of aryl methyl sites for hydroxylation is 1. The summed E-state index contributed by atoms with van der Waals surface area (Å²) < 4.78 is 1.54. The van der Waals surface area contributed by atoms with Crippen LogP contribution in [0.4, 0.5) is 5.69 Å². The van der Waals surface area contributed by atoms with Crippen molar-refractivity contribution in [1.82, 2.24) is 9.78 Å². The molecule has 0 unspecified atom stereocenters. The summed E-state index contributed by atoms with van der Waals surface area (Å²) in [5.74, 6) is 1.64. The highest BCUT2D eigenvalue weighted by Crippen LogP contribution is 2.60. The summed E-state index contributed by atoms with van der Waals surface area (Å²) >= 11 is 0. The van der Waals surface area contributed by atoms with Crippen LogP contribution in [0.25, 0.3) is 0 Å². The van der Waals surface area contributed by atoms with Crippen molar-refractivity contribution in [2.45, 2.75) is 52.0 Å². The van der Waals surface area contributed by atoms with Crippen LogP contribution in [0.2, 0.25) is 0 Å². The number of nitrogens with zero attached hydrogens (tertiary/aromatic N) is 2. The van der Waals surface area contributed by atoms with Crippen molar-refractivity contribution in [3.05, 3.63) is 11.9 Å². The molecule has 124 valence electrons. The van der Waals surface area contributed by atoms with Crippen LogP contribution in [0.5, 0.6) is 0 Å². The molecular formula is C17H24N4O2. The molecule has 4 aliphatic carbocycles. The summed E-state index contributed by atoms with van der Waals surface area (Å²) in [6, 6.07) is 0. The Balaban J connectivity index is 1.59. The van der Waals surface area contributed by atoms with Gasteiger partial charge in [-0.2, -0.15) is 5.10 Å². The predicted molar refractivity (Wildman–Crippen MR) is 85.7 cm³/mol. The second-order valence-corrected chi connectivity index (χ2v) is 7.74. The molecular weight excluding hydrogens is 292 g/mol. The van der Waals surface area contributed by atoms with Crippen molar-refractivity contribution in [2.24, 2.45) is 28.9 Å². The Morgan fingerprint density at radius 2 is 1.83 bits per heavy atom. The fourth-order valence-electron chi connectivity index (χ4n) is 5.62. The molecule has 23 heavy (non-hydrogen) atoms. The standard InChI is InChI=1S/C17H24N4O2/c1-2-21-14(15(18)22)13(9-19-21)20-16(23)17-6-10-3-11(7-17)5-12(4-10)8-17/h9-12H,2-8H2,1H3,(H2,18,22)(H,20,23). The molecule has 0 aromatic carbocycles. The zero-order chi connectivity index (χ0) is 16.2. The van der Waals surface area contributed by atoms with Gasteiger partial charge in [0, 0.05) is 6.54 Å². The van der Waals surface area contributed by atoms with Crippen LogP contribution in [0.3, 0.4) is 0 Å². The second-order valence-electron chi connectivity index (χ2n) is 7.74. The van der Waals surface area contributed by atoms with E-state index in [1.54, 1.807) is 6.20 Å². The average molecular weight is 316 g/mol. The summed E-state index contributed by atoms with van der Waals surface area (Å²) in [5, 5.41) is 7.14. The normalized spacial score (nSPS) is 34.6. The Bertz CT molecular complexity index is 628. The van der Waals surface area contributed by atoms with Crippen LogP contribution in [-0.4, -0.2) is 21.6 Å². The Kier molecular flexibility index (Phi) is 3.25. The van der Waals surface area contributed by atoms with Gasteiger partial charge in [-0.3, -0.25) is 14.3 Å². The van der Waals surface area contributed by atoms with E-state index in [4.69, 9.17) is 5.73 Å². The molecule has 1 aromatic heterocycles. The summed E-state index contributed by atoms with van der Waals surface area (Å²) in [7, 11) is 0. The van der Waals surface area contributed by atoms with Crippen LogP contribution in [0.1, 0.15) is 55.9 Å². The number of hydrogen-bond acceptors (Lipinski definition) is 3. The lowest BCUT2D eigenvalue weighted by Crippen LogP contribution is -2.51. The largest absolute Gasteiger partial charge is 0.364 e. The molecule has 1 heterocycles. The van der Waals surface area contributed by atoms with Gasteiger partial charge in [-0.25, -0.2) is 0 Å². The second kappa shape index (κ2) is 5.08. The molecule has 4 aliphatic rings. The molecule has 0 saturated heterocycles. The molecule has 2 amide bonds. The first kappa shape index (κ1) is 14.7. The van der Waals surface area contributed by atoms with Gasteiger partial charge in [0.15, 0.2) is 0 Å². The highest BCUT2D eigenvalue weighted by Gasteiger charge is 2.54. The number of amides is 2. The van der Waals surface area contributed by atoms with E-state index in [-0.39, 0.29) is 11.3 Å². The third-order valence-electron chi connectivity index (χ3n) is 6.14. The highest BCUT2D eigenvalue weighted by atomic mass is 16.2. The number of nitrogens with two attached hydrogens (primary N) is 1. The monoisotopic (exact) mass is 316 g/mol. The van der Waals surface area contributed by atoms with Crippen molar-refractivity contribution in [2.75, 3.05) is 5.32 Å². The Morgan fingerprint density at radius 3 is 2.30 bits per heavy atom. The lowest BCUT2D eigenvalue weighted by Gasteiger charge is -2.55. The van der Waals surface area contributed by atoms with Crippen LogP contribution in [-0.2, 0) is 11.3 Å². The number of carbonyl (C=O) groups excluding carboxylic acids is 2. The predicted octanol–water partition coefficient (Wildman–Crippen LogP) is 2.16. The van der Waals surface area contributed by atoms with Crippen LogP contribution < -0.4 is 11.1 Å². The van der Waals surface area contributed by atoms with Gasteiger partial charge in [0.05, 0.1) is 17.3 Å². The van der Waals surface area contributed by atoms with E-state index in [0.29, 0.717) is 35.7 Å². The maximum absolute atomic E-state index is 13.0. The summed E-state index contributed by atoms with van der Waals surface area (Å²) in [6.45, 7) is 2.44. The van der Waals surface area contributed by atoms with Crippen LogP contribution >= 0.6 is 0 Å². The molecule has 4 fully saturated rings. The lowest BCUT2D eigenvalue weighted by molar-refractivity contribution is -0.140. The zero-order valence-electron chi connectivity index (χ0n) is 13.5. The van der Waals surface area contributed by atoms with Crippen molar-refractivity contribution in [1.29, 1.82) is 0 Å².